The Balaban J connectivity index is 1.93. The number of nitrogens with one attached hydrogen (secondary N) is 2. The van der Waals surface area contributed by atoms with Crippen LogP contribution in [0, 0.1) is 0 Å². The SMILES string of the molecule is COC(=O)CSc1nc2nc(N3CCNCC3)[nH]c2c(=O)n1C. The van der Waals surface area contributed by atoms with Crippen molar-refractivity contribution in [1.29, 1.82) is 0 Å². The molecule has 1 aliphatic rings. The molecule has 1 fully saturated rings. The number of hydrogen-bond donors (Lipinski definition) is 2. The molecule has 3 rings (SSSR count). The van der Waals surface area contributed by atoms with Gasteiger partial charge in [-0.05, 0) is 0 Å². The van der Waals surface area contributed by atoms with Crippen LogP contribution in [0.1, 0.15) is 0 Å². The van der Waals surface area contributed by atoms with Gasteiger partial charge in [0.05, 0.1) is 12.9 Å². The van der Waals surface area contributed by atoms with Crippen molar-refractivity contribution in [3.8, 4) is 0 Å². The third-order valence-corrected chi connectivity index (χ3v) is 4.65. The van der Waals surface area contributed by atoms with E-state index in [1.54, 1.807) is 7.05 Å². The number of piperazine rings is 1. The smallest absolute Gasteiger partial charge is 0.316 e. The van der Waals surface area contributed by atoms with Gasteiger partial charge in [-0.1, -0.05) is 11.8 Å². The first-order valence-corrected chi connectivity index (χ1v) is 8.20. The number of H-pyrrole nitrogens is 1. The van der Waals surface area contributed by atoms with E-state index in [0.717, 1.165) is 37.9 Å². The van der Waals surface area contributed by atoms with Gasteiger partial charge in [0, 0.05) is 33.2 Å². The maximum Gasteiger partial charge on any atom is 0.316 e. The van der Waals surface area contributed by atoms with Crippen LogP contribution in [0.3, 0.4) is 0 Å². The minimum absolute atomic E-state index is 0.0946. The lowest BCUT2D eigenvalue weighted by molar-refractivity contribution is -0.137. The predicted octanol–water partition coefficient (Wildman–Crippen LogP) is -0.669. The fourth-order valence-electron chi connectivity index (χ4n) is 2.34. The molecule has 0 amide bonds. The summed E-state index contributed by atoms with van der Waals surface area (Å²) in [5.74, 6) is 0.381. The van der Waals surface area contributed by atoms with Gasteiger partial charge in [-0.25, -0.2) is 4.98 Å². The average Bonchev–Trinajstić information content (AvgIpc) is 3.01. The van der Waals surface area contributed by atoms with Gasteiger partial charge in [-0.15, -0.1) is 0 Å². The number of esters is 1. The number of nitrogens with zero attached hydrogens (tertiary/aromatic N) is 4. The largest absolute Gasteiger partial charge is 0.468 e. The Kier molecular flexibility index (Phi) is 4.53. The van der Waals surface area contributed by atoms with Crippen molar-refractivity contribution in [3.05, 3.63) is 10.4 Å². The summed E-state index contributed by atoms with van der Waals surface area (Å²) in [5, 5.41) is 3.71. The highest BCUT2D eigenvalue weighted by Gasteiger charge is 2.18. The number of aromatic nitrogens is 4. The van der Waals surface area contributed by atoms with Gasteiger partial charge in [0.25, 0.3) is 5.56 Å². The van der Waals surface area contributed by atoms with Crippen molar-refractivity contribution in [2.45, 2.75) is 5.16 Å². The highest BCUT2D eigenvalue weighted by atomic mass is 32.2. The van der Waals surface area contributed by atoms with Crippen LogP contribution in [0.4, 0.5) is 5.95 Å². The van der Waals surface area contributed by atoms with Gasteiger partial charge >= 0.3 is 5.97 Å². The Hall–Kier alpha value is -2.07. The second-order valence-corrected chi connectivity index (χ2v) is 6.06. The molecular weight excluding hydrogens is 320 g/mol. The van der Waals surface area contributed by atoms with E-state index in [1.165, 1.54) is 11.7 Å². The van der Waals surface area contributed by atoms with Crippen LogP contribution in [0.25, 0.3) is 11.2 Å². The van der Waals surface area contributed by atoms with E-state index in [4.69, 9.17) is 0 Å². The fourth-order valence-corrected chi connectivity index (χ4v) is 3.13. The number of carbonyl (C=O) groups excluding carboxylic acids is 1. The number of anilines is 1. The average molecular weight is 338 g/mol. The van der Waals surface area contributed by atoms with Gasteiger partial charge in [-0.2, -0.15) is 4.98 Å². The summed E-state index contributed by atoms with van der Waals surface area (Å²) in [6.45, 7) is 3.40. The number of ether oxygens (including phenoxy) is 1. The van der Waals surface area contributed by atoms with Crippen LogP contribution in [-0.2, 0) is 16.6 Å². The third-order valence-electron chi connectivity index (χ3n) is 3.64. The number of methoxy groups -OCH3 is 1. The molecule has 9 nitrogen and oxygen atoms in total. The highest BCUT2D eigenvalue weighted by molar-refractivity contribution is 7.99. The van der Waals surface area contributed by atoms with Crippen LogP contribution >= 0.6 is 11.8 Å². The zero-order chi connectivity index (χ0) is 16.4. The molecule has 124 valence electrons. The Bertz CT molecular complexity index is 780. The second kappa shape index (κ2) is 6.59. The molecule has 10 heteroatoms. The molecule has 3 heterocycles. The Labute approximate surface area is 136 Å². The number of imidazole rings is 1. The molecule has 0 unspecified atom stereocenters. The van der Waals surface area contributed by atoms with E-state index in [9.17, 15) is 9.59 Å². The summed E-state index contributed by atoms with van der Waals surface area (Å²) < 4.78 is 6.02. The monoisotopic (exact) mass is 338 g/mol. The van der Waals surface area contributed by atoms with E-state index in [2.05, 4.69) is 29.9 Å². The lowest BCUT2D eigenvalue weighted by Crippen LogP contribution is -2.44. The molecule has 1 saturated heterocycles. The molecule has 0 saturated carbocycles. The minimum Gasteiger partial charge on any atom is -0.468 e. The molecule has 0 atom stereocenters. The van der Waals surface area contributed by atoms with Gasteiger partial charge in [-0.3, -0.25) is 14.2 Å². The number of aromatic amines is 1. The van der Waals surface area contributed by atoms with E-state index in [-0.39, 0.29) is 17.3 Å². The topological polar surface area (TPSA) is 105 Å². The second-order valence-electron chi connectivity index (χ2n) is 5.12. The van der Waals surface area contributed by atoms with Crippen LogP contribution in [0.2, 0.25) is 0 Å². The normalized spacial score (nSPS) is 15.1. The first-order valence-electron chi connectivity index (χ1n) is 7.22. The van der Waals surface area contributed by atoms with E-state index < -0.39 is 0 Å². The minimum atomic E-state index is -0.368. The quantitative estimate of drug-likeness (QED) is 0.430. The van der Waals surface area contributed by atoms with Crippen molar-refractivity contribution in [2.24, 2.45) is 7.05 Å². The van der Waals surface area contributed by atoms with Crippen LogP contribution in [0.5, 0.6) is 0 Å². The first kappa shape index (κ1) is 15.8. The Morgan fingerprint density at radius 3 is 2.78 bits per heavy atom. The number of hydrogen-bond acceptors (Lipinski definition) is 8. The van der Waals surface area contributed by atoms with Crippen LogP contribution < -0.4 is 15.8 Å². The highest BCUT2D eigenvalue weighted by Crippen LogP contribution is 2.18. The number of carbonyl (C=O) groups is 1. The van der Waals surface area contributed by atoms with Crippen LogP contribution in [-0.4, -0.2) is 64.5 Å². The van der Waals surface area contributed by atoms with Crippen molar-refractivity contribution < 1.29 is 9.53 Å². The van der Waals surface area contributed by atoms with E-state index >= 15 is 0 Å². The third kappa shape index (κ3) is 3.17. The van der Waals surface area contributed by atoms with Crippen molar-refractivity contribution in [2.75, 3.05) is 43.9 Å². The predicted molar refractivity (Wildman–Crippen MR) is 87.0 cm³/mol. The molecule has 0 bridgehead atoms. The van der Waals surface area contributed by atoms with Gasteiger partial charge < -0.3 is 19.9 Å². The summed E-state index contributed by atoms with van der Waals surface area (Å²) in [5.41, 5.74) is 0.536. The number of fused-ring (bicyclic) bond motifs is 1. The molecule has 0 radical (unpaired) electrons. The Morgan fingerprint density at radius 2 is 2.09 bits per heavy atom. The van der Waals surface area contributed by atoms with Gasteiger partial charge in [0.2, 0.25) is 5.95 Å². The van der Waals surface area contributed by atoms with Crippen molar-refractivity contribution >= 4 is 34.8 Å². The maximum atomic E-state index is 12.5. The zero-order valence-electron chi connectivity index (χ0n) is 13.0. The van der Waals surface area contributed by atoms with E-state index in [0.29, 0.717) is 22.3 Å². The molecule has 2 aromatic rings. The van der Waals surface area contributed by atoms with Crippen molar-refractivity contribution in [1.82, 2.24) is 24.8 Å². The van der Waals surface area contributed by atoms with Crippen molar-refractivity contribution in [3.63, 3.8) is 0 Å². The molecule has 23 heavy (non-hydrogen) atoms. The van der Waals surface area contributed by atoms with E-state index in [1.807, 2.05) is 0 Å². The summed E-state index contributed by atoms with van der Waals surface area (Å²) in [6.07, 6.45) is 0. The summed E-state index contributed by atoms with van der Waals surface area (Å²) in [6, 6.07) is 0. The summed E-state index contributed by atoms with van der Waals surface area (Å²) in [4.78, 5) is 37.7. The Morgan fingerprint density at radius 1 is 1.35 bits per heavy atom. The number of thioether (sulfide) groups is 1. The van der Waals surface area contributed by atoms with Crippen LogP contribution in [0.15, 0.2) is 9.95 Å². The molecule has 2 N–H and O–H groups in total. The summed E-state index contributed by atoms with van der Waals surface area (Å²) in [7, 11) is 2.95. The molecular formula is C13H18N6O3S. The summed E-state index contributed by atoms with van der Waals surface area (Å²) >= 11 is 1.15. The molecule has 1 aliphatic heterocycles. The number of rotatable bonds is 4. The lowest BCUT2D eigenvalue weighted by Gasteiger charge is -2.26. The lowest BCUT2D eigenvalue weighted by atomic mass is 10.4. The maximum absolute atomic E-state index is 12.5. The zero-order valence-corrected chi connectivity index (χ0v) is 13.8. The van der Waals surface area contributed by atoms with Gasteiger partial charge in [0.1, 0.15) is 0 Å². The molecule has 2 aromatic heterocycles. The molecule has 0 aromatic carbocycles. The molecule has 0 spiro atoms. The molecule has 0 aliphatic carbocycles. The van der Waals surface area contributed by atoms with Gasteiger partial charge in [0.15, 0.2) is 16.3 Å². The standard InChI is InChI=1S/C13H18N6O3S/c1-18-11(21)9-10(17-13(18)23-7-8(20)22-2)16-12(15-9)19-5-3-14-4-6-19/h14H,3-7H2,1-2H3,(H,15,16). The fraction of sp³-hybridized carbons (Fsp3) is 0.538. The first-order chi connectivity index (χ1) is 11.1.